The minimum atomic E-state index is -0.145. The molecule has 0 amide bonds. The summed E-state index contributed by atoms with van der Waals surface area (Å²) < 4.78 is 11.0. The number of H-pyrrole nitrogens is 1. The number of aromatic nitrogens is 4. The van der Waals surface area contributed by atoms with Crippen LogP contribution in [0.4, 0.5) is 0 Å². The number of thiophene rings is 1. The standard InChI is InChI=1S/C17H16N4O3S2/c1-7-9(3)25-16-12(7)14(22)18-13(19-16)10(4)26-17-21-20-15(24-17)11-5-6-23-8(11)2/h5-6,10H,1-4H3,(H,18,19,22)/t10-/m0/s1. The van der Waals surface area contributed by atoms with Crippen LogP contribution < -0.4 is 5.56 Å². The summed E-state index contributed by atoms with van der Waals surface area (Å²) in [6.45, 7) is 7.72. The van der Waals surface area contributed by atoms with Crippen molar-refractivity contribution >= 4 is 33.3 Å². The minimum absolute atomic E-state index is 0.112. The Morgan fingerprint density at radius 3 is 2.81 bits per heavy atom. The quantitative estimate of drug-likeness (QED) is 0.517. The predicted molar refractivity (Wildman–Crippen MR) is 101 cm³/mol. The lowest BCUT2D eigenvalue weighted by Gasteiger charge is -2.07. The zero-order valence-corrected chi connectivity index (χ0v) is 16.2. The fraction of sp³-hybridized carbons (Fsp3) is 0.294. The van der Waals surface area contributed by atoms with Gasteiger partial charge in [0.2, 0.25) is 0 Å². The van der Waals surface area contributed by atoms with Gasteiger partial charge < -0.3 is 13.8 Å². The first kappa shape index (κ1) is 17.0. The van der Waals surface area contributed by atoms with Crippen molar-refractivity contribution in [2.24, 2.45) is 0 Å². The molecule has 4 aromatic rings. The largest absolute Gasteiger partial charge is 0.469 e. The van der Waals surface area contributed by atoms with E-state index in [2.05, 4.69) is 20.2 Å². The first-order chi connectivity index (χ1) is 12.4. The van der Waals surface area contributed by atoms with Crippen molar-refractivity contribution in [3.63, 3.8) is 0 Å². The third-order valence-corrected chi connectivity index (χ3v) is 6.26. The maximum absolute atomic E-state index is 12.4. The van der Waals surface area contributed by atoms with Crippen LogP contribution in [0.3, 0.4) is 0 Å². The first-order valence-corrected chi connectivity index (χ1v) is 9.68. The van der Waals surface area contributed by atoms with E-state index < -0.39 is 0 Å². The summed E-state index contributed by atoms with van der Waals surface area (Å²) >= 11 is 2.88. The Bertz CT molecular complexity index is 1150. The molecule has 0 fully saturated rings. The lowest BCUT2D eigenvalue weighted by Crippen LogP contribution is -2.12. The number of nitrogens with one attached hydrogen (secondary N) is 1. The van der Waals surface area contributed by atoms with Gasteiger partial charge in [0.1, 0.15) is 16.4 Å². The van der Waals surface area contributed by atoms with E-state index in [-0.39, 0.29) is 10.8 Å². The molecule has 0 unspecified atom stereocenters. The highest BCUT2D eigenvalue weighted by Gasteiger charge is 2.19. The molecule has 0 radical (unpaired) electrons. The van der Waals surface area contributed by atoms with E-state index in [0.29, 0.717) is 22.3 Å². The smallest absolute Gasteiger partial charge is 0.277 e. The summed E-state index contributed by atoms with van der Waals surface area (Å²) in [5.74, 6) is 1.72. The number of furan rings is 1. The van der Waals surface area contributed by atoms with Gasteiger partial charge in [0.15, 0.2) is 0 Å². The number of hydrogen-bond donors (Lipinski definition) is 1. The van der Waals surface area contributed by atoms with Crippen molar-refractivity contribution in [3.8, 4) is 11.5 Å². The monoisotopic (exact) mass is 388 g/mol. The molecule has 26 heavy (non-hydrogen) atoms. The van der Waals surface area contributed by atoms with Gasteiger partial charge >= 0.3 is 0 Å². The van der Waals surface area contributed by atoms with Crippen molar-refractivity contribution in [1.82, 2.24) is 20.2 Å². The second-order valence-electron chi connectivity index (χ2n) is 5.94. The van der Waals surface area contributed by atoms with E-state index in [1.165, 1.54) is 23.1 Å². The molecular formula is C17H16N4O3S2. The molecule has 134 valence electrons. The van der Waals surface area contributed by atoms with E-state index in [1.807, 2.05) is 27.7 Å². The molecule has 4 heterocycles. The Morgan fingerprint density at radius 2 is 2.08 bits per heavy atom. The second-order valence-corrected chi connectivity index (χ2v) is 8.43. The molecular weight excluding hydrogens is 372 g/mol. The van der Waals surface area contributed by atoms with Crippen molar-refractivity contribution in [1.29, 1.82) is 0 Å². The summed E-state index contributed by atoms with van der Waals surface area (Å²) in [4.78, 5) is 21.8. The molecule has 0 aliphatic heterocycles. The average molecular weight is 388 g/mol. The Morgan fingerprint density at radius 1 is 1.27 bits per heavy atom. The first-order valence-electron chi connectivity index (χ1n) is 7.98. The third kappa shape index (κ3) is 2.86. The lowest BCUT2D eigenvalue weighted by molar-refractivity contribution is 0.462. The Labute approximate surface area is 156 Å². The van der Waals surface area contributed by atoms with Crippen LogP contribution in [0.2, 0.25) is 0 Å². The summed E-state index contributed by atoms with van der Waals surface area (Å²) in [7, 11) is 0. The SMILES string of the molecule is Cc1occc1-c1nnc(S[C@@H](C)c2nc3sc(C)c(C)c3c(=O)[nH]2)o1. The zero-order valence-electron chi connectivity index (χ0n) is 14.6. The Kier molecular flexibility index (Phi) is 4.20. The summed E-state index contributed by atoms with van der Waals surface area (Å²) in [6.07, 6.45) is 1.58. The van der Waals surface area contributed by atoms with Crippen LogP contribution in [-0.2, 0) is 0 Å². The molecule has 1 atom stereocenters. The topological polar surface area (TPSA) is 97.8 Å². The second kappa shape index (κ2) is 6.40. The Balaban J connectivity index is 1.62. The molecule has 9 heteroatoms. The van der Waals surface area contributed by atoms with Gasteiger partial charge in [-0.1, -0.05) is 11.8 Å². The van der Waals surface area contributed by atoms with Crippen LogP contribution in [-0.4, -0.2) is 20.2 Å². The van der Waals surface area contributed by atoms with Gasteiger partial charge in [-0.2, -0.15) is 0 Å². The molecule has 0 aliphatic carbocycles. The van der Waals surface area contributed by atoms with Crippen LogP contribution in [0, 0.1) is 20.8 Å². The van der Waals surface area contributed by atoms with Crippen molar-refractivity contribution in [2.75, 3.05) is 0 Å². The number of nitrogens with zero attached hydrogens (tertiary/aromatic N) is 3. The molecule has 0 aromatic carbocycles. The van der Waals surface area contributed by atoms with Gasteiger partial charge in [-0.15, -0.1) is 21.5 Å². The van der Waals surface area contributed by atoms with Crippen LogP contribution in [0.1, 0.15) is 34.2 Å². The van der Waals surface area contributed by atoms with E-state index in [4.69, 9.17) is 8.83 Å². The Hall–Kier alpha value is -2.39. The summed E-state index contributed by atoms with van der Waals surface area (Å²) in [6, 6.07) is 1.79. The number of fused-ring (bicyclic) bond motifs is 1. The van der Waals surface area contributed by atoms with Gasteiger partial charge in [-0.25, -0.2) is 4.98 Å². The number of aromatic amines is 1. The predicted octanol–water partition coefficient (Wildman–Crippen LogP) is 4.41. The van der Waals surface area contributed by atoms with Gasteiger partial charge in [0, 0.05) is 4.88 Å². The molecule has 0 saturated heterocycles. The summed E-state index contributed by atoms with van der Waals surface area (Å²) in [5.41, 5.74) is 1.65. The number of hydrogen-bond acceptors (Lipinski definition) is 8. The molecule has 0 spiro atoms. The minimum Gasteiger partial charge on any atom is -0.469 e. The molecule has 7 nitrogen and oxygen atoms in total. The van der Waals surface area contributed by atoms with Crippen LogP contribution in [0.15, 0.2) is 31.2 Å². The normalized spacial score (nSPS) is 12.8. The van der Waals surface area contributed by atoms with Gasteiger partial charge in [0.05, 0.1) is 22.5 Å². The van der Waals surface area contributed by atoms with E-state index in [0.717, 1.165) is 26.6 Å². The highest BCUT2D eigenvalue weighted by atomic mass is 32.2. The molecule has 0 saturated carbocycles. The van der Waals surface area contributed by atoms with Crippen LogP contribution >= 0.6 is 23.1 Å². The van der Waals surface area contributed by atoms with Crippen molar-refractivity contribution in [2.45, 2.75) is 38.2 Å². The van der Waals surface area contributed by atoms with Gasteiger partial charge in [-0.05, 0) is 39.3 Å². The number of rotatable bonds is 4. The number of thioether (sulfide) groups is 1. The van der Waals surface area contributed by atoms with E-state index >= 15 is 0 Å². The number of aryl methyl sites for hydroxylation is 3. The van der Waals surface area contributed by atoms with E-state index in [9.17, 15) is 4.79 Å². The molecule has 1 N–H and O–H groups in total. The fourth-order valence-electron chi connectivity index (χ4n) is 2.64. The highest BCUT2D eigenvalue weighted by Crippen LogP contribution is 2.35. The summed E-state index contributed by atoms with van der Waals surface area (Å²) in [5, 5.41) is 9.07. The lowest BCUT2D eigenvalue weighted by atomic mass is 10.2. The van der Waals surface area contributed by atoms with E-state index in [1.54, 1.807) is 12.3 Å². The van der Waals surface area contributed by atoms with Gasteiger partial charge in [-0.3, -0.25) is 4.79 Å². The maximum atomic E-state index is 12.4. The third-order valence-electron chi connectivity index (χ3n) is 4.22. The zero-order chi connectivity index (χ0) is 18.4. The molecule has 0 bridgehead atoms. The van der Waals surface area contributed by atoms with Crippen LogP contribution in [0.25, 0.3) is 21.7 Å². The average Bonchev–Trinajstić information content (AvgIpc) is 3.28. The maximum Gasteiger partial charge on any atom is 0.277 e. The molecule has 0 aliphatic rings. The molecule has 4 aromatic heterocycles. The molecule has 4 rings (SSSR count). The highest BCUT2D eigenvalue weighted by molar-refractivity contribution is 7.99. The van der Waals surface area contributed by atoms with Crippen molar-refractivity contribution in [3.05, 3.63) is 44.7 Å². The van der Waals surface area contributed by atoms with Crippen LogP contribution in [0.5, 0.6) is 0 Å². The van der Waals surface area contributed by atoms with Crippen molar-refractivity contribution < 1.29 is 8.83 Å². The van der Waals surface area contributed by atoms with Gasteiger partial charge in [0.25, 0.3) is 16.7 Å². The fourth-order valence-corrected chi connectivity index (χ4v) is 4.42.